The topological polar surface area (TPSA) is 82.5 Å². The van der Waals surface area contributed by atoms with Crippen molar-refractivity contribution in [3.05, 3.63) is 61.8 Å². The van der Waals surface area contributed by atoms with E-state index in [1.54, 1.807) is 6.20 Å². The number of hydrogen-bond acceptors (Lipinski definition) is 6. The number of aryl methyl sites for hydroxylation is 1. The Bertz CT molecular complexity index is 946. The predicted octanol–water partition coefficient (Wildman–Crippen LogP) is 3.06. The highest BCUT2D eigenvalue weighted by Gasteiger charge is 2.24. The van der Waals surface area contributed by atoms with Crippen LogP contribution in [0.4, 0.5) is 0 Å². The Kier molecular flexibility index (Phi) is 4.24. The maximum Gasteiger partial charge on any atom is 0.282 e. The molecule has 2 aromatic rings. The predicted molar refractivity (Wildman–Crippen MR) is 88.7 cm³/mol. The summed E-state index contributed by atoms with van der Waals surface area (Å²) in [7, 11) is 0. The van der Waals surface area contributed by atoms with Gasteiger partial charge in [-0.05, 0) is 12.5 Å². The molecule has 0 fully saturated rings. The van der Waals surface area contributed by atoms with E-state index in [-0.39, 0.29) is 10.5 Å². The molecule has 3 rings (SSSR count). The van der Waals surface area contributed by atoms with E-state index in [2.05, 4.69) is 5.10 Å². The van der Waals surface area contributed by atoms with Crippen molar-refractivity contribution >= 4 is 23.5 Å². The van der Waals surface area contributed by atoms with Crippen LogP contribution in [0.15, 0.2) is 54.9 Å². The molecule has 0 aliphatic carbocycles. The Morgan fingerprint density at radius 3 is 2.43 bits per heavy atom. The van der Waals surface area contributed by atoms with Crippen LogP contribution in [0.2, 0.25) is 0 Å². The molecule has 7 heteroatoms. The smallest absolute Gasteiger partial charge is 0.266 e. The zero-order chi connectivity index (χ0) is 16.4. The van der Waals surface area contributed by atoms with Crippen LogP contribution in [0, 0.1) is 29.6 Å². The molecular formula is C16H10N4OS2. The van der Waals surface area contributed by atoms with E-state index in [0.717, 1.165) is 34.7 Å². The summed E-state index contributed by atoms with van der Waals surface area (Å²) in [5, 5.41) is 22.4. The van der Waals surface area contributed by atoms with Gasteiger partial charge in [-0.2, -0.15) is 15.6 Å². The van der Waals surface area contributed by atoms with Crippen LogP contribution in [0.1, 0.15) is 11.1 Å². The molecule has 0 saturated heterocycles. The van der Waals surface area contributed by atoms with Gasteiger partial charge in [-0.15, -0.1) is 0 Å². The van der Waals surface area contributed by atoms with Gasteiger partial charge in [0.15, 0.2) is 0 Å². The molecule has 0 atom stereocenters. The molecule has 0 N–H and O–H groups in total. The highest BCUT2D eigenvalue weighted by atomic mass is 32.2. The van der Waals surface area contributed by atoms with Crippen molar-refractivity contribution in [1.29, 1.82) is 10.5 Å². The maximum atomic E-state index is 12.6. The minimum Gasteiger partial charge on any atom is -0.266 e. The van der Waals surface area contributed by atoms with Gasteiger partial charge in [0.2, 0.25) is 0 Å². The third kappa shape index (κ3) is 3.02. The Hall–Kier alpha value is -2.48. The molecule has 0 bridgehead atoms. The van der Waals surface area contributed by atoms with Gasteiger partial charge in [-0.25, -0.2) is 4.68 Å². The molecule has 2 heterocycles. The Balaban J connectivity index is 1.97. The van der Waals surface area contributed by atoms with Crippen molar-refractivity contribution in [2.75, 3.05) is 0 Å². The van der Waals surface area contributed by atoms with E-state index >= 15 is 0 Å². The molecular weight excluding hydrogens is 328 g/mol. The van der Waals surface area contributed by atoms with Crippen LogP contribution < -0.4 is 5.56 Å². The molecule has 0 unspecified atom stereocenters. The molecule has 1 aliphatic rings. The lowest BCUT2D eigenvalue weighted by molar-refractivity contribution is 0.612. The minimum atomic E-state index is -0.245. The zero-order valence-electron chi connectivity index (χ0n) is 12.1. The summed E-state index contributed by atoms with van der Waals surface area (Å²) in [5.74, 6) is 0. The second kappa shape index (κ2) is 6.33. The maximum absolute atomic E-state index is 12.6. The minimum absolute atomic E-state index is 0.245. The second-order valence-electron chi connectivity index (χ2n) is 4.87. The van der Waals surface area contributed by atoms with Crippen molar-refractivity contribution in [1.82, 2.24) is 9.78 Å². The van der Waals surface area contributed by atoms with Crippen LogP contribution >= 0.6 is 23.5 Å². The van der Waals surface area contributed by atoms with Crippen molar-refractivity contribution in [2.24, 2.45) is 0 Å². The van der Waals surface area contributed by atoms with Crippen LogP contribution in [0.5, 0.6) is 0 Å². The van der Waals surface area contributed by atoms with Gasteiger partial charge in [-0.1, -0.05) is 53.4 Å². The van der Waals surface area contributed by atoms with E-state index in [0.29, 0.717) is 21.2 Å². The molecule has 0 saturated carbocycles. The van der Waals surface area contributed by atoms with Crippen molar-refractivity contribution in [2.45, 2.75) is 23.3 Å². The number of rotatable bonds is 2. The molecule has 1 aliphatic heterocycles. The van der Waals surface area contributed by atoms with E-state index < -0.39 is 0 Å². The summed E-state index contributed by atoms with van der Waals surface area (Å²) >= 11 is 2.17. The number of benzene rings is 1. The third-order valence-corrected chi connectivity index (χ3v) is 5.63. The first kappa shape index (κ1) is 15.4. The highest BCUT2D eigenvalue weighted by molar-refractivity contribution is 8.09. The lowest BCUT2D eigenvalue weighted by Crippen LogP contribution is -2.25. The number of nitrogens with zero attached hydrogens (tertiary/aromatic N) is 4. The SMILES string of the molecule is Cc1ccc(Cn2ncc3c(c2=O)SC(C#N)=C(C#N)S3)cc1. The van der Waals surface area contributed by atoms with Gasteiger partial charge in [0.25, 0.3) is 5.56 Å². The van der Waals surface area contributed by atoms with Gasteiger partial charge in [0.1, 0.15) is 21.9 Å². The molecule has 5 nitrogen and oxygen atoms in total. The van der Waals surface area contributed by atoms with Crippen LogP contribution in [0.3, 0.4) is 0 Å². The van der Waals surface area contributed by atoms with E-state index in [1.807, 2.05) is 43.3 Å². The summed E-state index contributed by atoms with van der Waals surface area (Å²) in [6.45, 7) is 2.37. The first-order chi connectivity index (χ1) is 11.1. The van der Waals surface area contributed by atoms with Crippen LogP contribution in [-0.2, 0) is 6.54 Å². The first-order valence-corrected chi connectivity index (χ1v) is 8.31. The largest absolute Gasteiger partial charge is 0.282 e. The molecule has 0 radical (unpaired) electrons. The molecule has 23 heavy (non-hydrogen) atoms. The summed E-state index contributed by atoms with van der Waals surface area (Å²) in [4.78, 5) is 14.2. The summed E-state index contributed by atoms with van der Waals surface area (Å²) in [6, 6.07) is 11.9. The van der Waals surface area contributed by atoms with Gasteiger partial charge in [0, 0.05) is 0 Å². The van der Waals surface area contributed by atoms with Gasteiger partial charge in [0.05, 0.1) is 22.5 Å². The van der Waals surface area contributed by atoms with E-state index in [9.17, 15) is 4.79 Å². The van der Waals surface area contributed by atoms with E-state index in [1.165, 1.54) is 4.68 Å². The van der Waals surface area contributed by atoms with Gasteiger partial charge >= 0.3 is 0 Å². The molecule has 0 spiro atoms. The number of hydrogen-bond donors (Lipinski definition) is 0. The number of aromatic nitrogens is 2. The first-order valence-electron chi connectivity index (χ1n) is 6.68. The third-order valence-electron chi connectivity index (χ3n) is 3.25. The number of nitriles is 2. The van der Waals surface area contributed by atoms with Crippen molar-refractivity contribution < 1.29 is 0 Å². The molecule has 0 amide bonds. The normalized spacial score (nSPS) is 13.2. The Morgan fingerprint density at radius 2 is 1.78 bits per heavy atom. The molecule has 112 valence electrons. The number of thioether (sulfide) groups is 2. The average molecular weight is 338 g/mol. The lowest BCUT2D eigenvalue weighted by atomic mass is 10.1. The van der Waals surface area contributed by atoms with Crippen molar-refractivity contribution in [3.8, 4) is 12.1 Å². The Labute approximate surface area is 141 Å². The fourth-order valence-corrected chi connectivity index (χ4v) is 3.97. The van der Waals surface area contributed by atoms with E-state index in [4.69, 9.17) is 10.5 Å². The molecule has 1 aromatic heterocycles. The second-order valence-corrected chi connectivity index (χ2v) is 6.95. The standard InChI is InChI=1S/C16H10N4OS2/c1-10-2-4-11(5-3-10)9-20-16(21)15-14(8-19-20)22-12(6-17)13(7-18)23-15/h2-5,8H,9H2,1H3. The fraction of sp³-hybridized carbons (Fsp3) is 0.125. The average Bonchev–Trinajstić information content (AvgIpc) is 2.58. The fourth-order valence-electron chi connectivity index (χ4n) is 2.05. The quantitative estimate of drug-likeness (QED) is 0.837. The Morgan fingerprint density at radius 1 is 1.13 bits per heavy atom. The van der Waals surface area contributed by atoms with Crippen LogP contribution in [0.25, 0.3) is 0 Å². The number of allylic oxidation sites excluding steroid dienone is 2. The summed E-state index contributed by atoms with van der Waals surface area (Å²) < 4.78 is 1.38. The van der Waals surface area contributed by atoms with Crippen molar-refractivity contribution in [3.63, 3.8) is 0 Å². The highest BCUT2D eigenvalue weighted by Crippen LogP contribution is 2.44. The number of fused-ring (bicyclic) bond motifs is 1. The summed E-state index contributed by atoms with van der Waals surface area (Å²) in [6.07, 6.45) is 1.58. The lowest BCUT2D eigenvalue weighted by Gasteiger charge is -2.15. The zero-order valence-corrected chi connectivity index (χ0v) is 13.7. The van der Waals surface area contributed by atoms with Crippen LogP contribution in [-0.4, -0.2) is 9.78 Å². The van der Waals surface area contributed by atoms with Gasteiger partial charge < -0.3 is 0 Å². The summed E-state index contributed by atoms with van der Waals surface area (Å²) in [5.41, 5.74) is 1.89. The van der Waals surface area contributed by atoms with Gasteiger partial charge in [-0.3, -0.25) is 4.79 Å². The monoisotopic (exact) mass is 338 g/mol. The molecule has 1 aromatic carbocycles.